The molecule has 0 radical (unpaired) electrons. The third-order valence-corrected chi connectivity index (χ3v) is 5.57. The Morgan fingerprint density at radius 2 is 1.80 bits per heavy atom. The van der Waals surface area contributed by atoms with Crippen molar-refractivity contribution in [2.45, 2.75) is 84.1 Å². The van der Waals surface area contributed by atoms with E-state index in [1.54, 1.807) is 0 Å². The zero-order valence-corrected chi connectivity index (χ0v) is 13.9. The minimum atomic E-state index is 0.567. The van der Waals surface area contributed by atoms with E-state index in [0.29, 0.717) is 5.41 Å². The van der Waals surface area contributed by atoms with Gasteiger partial charge in [0.15, 0.2) is 0 Å². The second-order valence-corrected chi connectivity index (χ2v) is 7.41. The maximum Gasteiger partial charge on any atom is 0.00671 e. The summed E-state index contributed by atoms with van der Waals surface area (Å²) in [5.41, 5.74) is 0.567. The van der Waals surface area contributed by atoms with Crippen LogP contribution in [0.2, 0.25) is 0 Å². The molecule has 0 aromatic heterocycles. The molecule has 1 heterocycles. The van der Waals surface area contributed by atoms with Gasteiger partial charge in [0, 0.05) is 19.1 Å². The summed E-state index contributed by atoms with van der Waals surface area (Å²) >= 11 is 0. The number of piperidine rings is 1. The van der Waals surface area contributed by atoms with Crippen LogP contribution in [0.15, 0.2) is 0 Å². The van der Waals surface area contributed by atoms with Gasteiger partial charge < -0.3 is 10.2 Å². The first kappa shape index (κ1) is 16.3. The molecule has 0 amide bonds. The molecule has 2 fully saturated rings. The van der Waals surface area contributed by atoms with Crippen molar-refractivity contribution < 1.29 is 0 Å². The number of rotatable bonds is 6. The fourth-order valence-electron chi connectivity index (χ4n) is 4.22. The van der Waals surface area contributed by atoms with Crippen LogP contribution in [0.4, 0.5) is 0 Å². The van der Waals surface area contributed by atoms with Crippen molar-refractivity contribution in [1.29, 1.82) is 0 Å². The molecule has 0 aromatic rings. The molecule has 0 spiro atoms. The van der Waals surface area contributed by atoms with Crippen molar-refractivity contribution in [1.82, 2.24) is 10.2 Å². The fraction of sp³-hybridized carbons (Fsp3) is 1.00. The molecule has 1 unspecified atom stereocenters. The number of hydrogen-bond donors (Lipinski definition) is 1. The van der Waals surface area contributed by atoms with Crippen LogP contribution in [0, 0.1) is 5.41 Å². The van der Waals surface area contributed by atoms with Crippen molar-refractivity contribution >= 4 is 0 Å². The second kappa shape index (κ2) is 8.38. The Labute approximate surface area is 126 Å². The van der Waals surface area contributed by atoms with Crippen molar-refractivity contribution in [2.75, 3.05) is 26.2 Å². The van der Waals surface area contributed by atoms with E-state index in [1.165, 1.54) is 90.4 Å². The minimum Gasteiger partial charge on any atom is -0.316 e. The summed E-state index contributed by atoms with van der Waals surface area (Å²) in [7, 11) is 0. The third-order valence-electron chi connectivity index (χ3n) is 5.57. The lowest BCUT2D eigenvalue weighted by molar-refractivity contribution is 0.0759. The summed E-state index contributed by atoms with van der Waals surface area (Å²) < 4.78 is 0. The van der Waals surface area contributed by atoms with Crippen molar-refractivity contribution in [3.63, 3.8) is 0 Å². The number of nitrogens with one attached hydrogen (secondary N) is 1. The SMILES string of the molecule is CCCNCC1(CN2CCCCC2C)CCCCCC1. The van der Waals surface area contributed by atoms with E-state index < -0.39 is 0 Å². The third kappa shape index (κ3) is 4.73. The molecule has 0 bridgehead atoms. The Morgan fingerprint density at radius 1 is 1.05 bits per heavy atom. The average molecular weight is 280 g/mol. The molecule has 2 rings (SSSR count). The van der Waals surface area contributed by atoms with E-state index >= 15 is 0 Å². The van der Waals surface area contributed by atoms with Crippen LogP contribution in [-0.2, 0) is 0 Å². The molecular formula is C18H36N2. The number of hydrogen-bond acceptors (Lipinski definition) is 2. The molecule has 1 atom stereocenters. The van der Waals surface area contributed by atoms with Gasteiger partial charge in [-0.05, 0) is 57.5 Å². The Morgan fingerprint density at radius 3 is 2.45 bits per heavy atom. The molecule has 1 N–H and O–H groups in total. The lowest BCUT2D eigenvalue weighted by Crippen LogP contribution is -2.48. The largest absolute Gasteiger partial charge is 0.316 e. The topological polar surface area (TPSA) is 15.3 Å². The van der Waals surface area contributed by atoms with Crippen LogP contribution >= 0.6 is 0 Å². The lowest BCUT2D eigenvalue weighted by atomic mass is 9.78. The number of nitrogens with zero attached hydrogens (tertiary/aromatic N) is 1. The summed E-state index contributed by atoms with van der Waals surface area (Å²) in [6.07, 6.45) is 14.3. The molecule has 20 heavy (non-hydrogen) atoms. The van der Waals surface area contributed by atoms with Gasteiger partial charge in [0.2, 0.25) is 0 Å². The molecule has 1 saturated carbocycles. The van der Waals surface area contributed by atoms with Crippen LogP contribution in [-0.4, -0.2) is 37.1 Å². The quantitative estimate of drug-likeness (QED) is 0.579. The highest BCUT2D eigenvalue weighted by molar-refractivity contribution is 4.89. The summed E-state index contributed by atoms with van der Waals surface area (Å²) in [6, 6.07) is 0.815. The molecule has 2 heteroatoms. The van der Waals surface area contributed by atoms with Crippen LogP contribution in [0.5, 0.6) is 0 Å². The second-order valence-electron chi connectivity index (χ2n) is 7.41. The van der Waals surface area contributed by atoms with Crippen molar-refractivity contribution in [3.8, 4) is 0 Å². The molecule has 2 aliphatic rings. The lowest BCUT2D eigenvalue weighted by Gasteiger charge is -2.42. The normalized spacial score (nSPS) is 28.2. The van der Waals surface area contributed by atoms with Gasteiger partial charge in [-0.2, -0.15) is 0 Å². The highest BCUT2D eigenvalue weighted by atomic mass is 15.2. The first-order valence-electron chi connectivity index (χ1n) is 9.20. The zero-order valence-electron chi connectivity index (χ0n) is 13.9. The van der Waals surface area contributed by atoms with Gasteiger partial charge in [0.05, 0.1) is 0 Å². The molecule has 1 saturated heterocycles. The van der Waals surface area contributed by atoms with Crippen molar-refractivity contribution in [2.24, 2.45) is 5.41 Å². The molecule has 1 aliphatic carbocycles. The first-order chi connectivity index (χ1) is 9.76. The van der Waals surface area contributed by atoms with Gasteiger partial charge in [-0.25, -0.2) is 0 Å². The van der Waals surface area contributed by atoms with Crippen LogP contribution in [0.3, 0.4) is 0 Å². The van der Waals surface area contributed by atoms with E-state index in [0.717, 1.165) is 6.04 Å². The number of likely N-dealkylation sites (tertiary alicyclic amines) is 1. The Bertz CT molecular complexity index is 256. The van der Waals surface area contributed by atoms with E-state index in [1.807, 2.05) is 0 Å². The van der Waals surface area contributed by atoms with Gasteiger partial charge in [0.1, 0.15) is 0 Å². The van der Waals surface area contributed by atoms with E-state index in [2.05, 4.69) is 24.1 Å². The minimum absolute atomic E-state index is 0.567. The van der Waals surface area contributed by atoms with E-state index in [-0.39, 0.29) is 0 Å². The zero-order chi connectivity index (χ0) is 14.3. The van der Waals surface area contributed by atoms with Gasteiger partial charge in [-0.1, -0.05) is 39.0 Å². The van der Waals surface area contributed by atoms with Gasteiger partial charge >= 0.3 is 0 Å². The highest BCUT2D eigenvalue weighted by Crippen LogP contribution is 2.36. The average Bonchev–Trinajstić information content (AvgIpc) is 2.68. The predicted molar refractivity (Wildman–Crippen MR) is 88.2 cm³/mol. The molecule has 0 aromatic carbocycles. The smallest absolute Gasteiger partial charge is 0.00671 e. The van der Waals surface area contributed by atoms with E-state index in [9.17, 15) is 0 Å². The summed E-state index contributed by atoms with van der Waals surface area (Å²) in [5.74, 6) is 0. The van der Waals surface area contributed by atoms with Crippen molar-refractivity contribution in [3.05, 3.63) is 0 Å². The predicted octanol–water partition coefficient (Wildman–Crippen LogP) is 4.20. The first-order valence-corrected chi connectivity index (χ1v) is 9.20. The summed E-state index contributed by atoms with van der Waals surface area (Å²) in [6.45, 7) is 9.87. The Kier molecular flexibility index (Phi) is 6.83. The van der Waals surface area contributed by atoms with Gasteiger partial charge in [-0.15, -0.1) is 0 Å². The summed E-state index contributed by atoms with van der Waals surface area (Å²) in [4.78, 5) is 2.81. The maximum atomic E-state index is 3.75. The molecule has 118 valence electrons. The molecule has 2 nitrogen and oxygen atoms in total. The Balaban J connectivity index is 1.96. The fourth-order valence-corrected chi connectivity index (χ4v) is 4.22. The Hall–Kier alpha value is -0.0800. The molecule has 1 aliphatic heterocycles. The van der Waals surface area contributed by atoms with Crippen LogP contribution < -0.4 is 5.32 Å². The summed E-state index contributed by atoms with van der Waals surface area (Å²) in [5, 5.41) is 3.75. The van der Waals surface area contributed by atoms with Gasteiger partial charge in [0.25, 0.3) is 0 Å². The molecular weight excluding hydrogens is 244 g/mol. The maximum absolute atomic E-state index is 3.75. The van der Waals surface area contributed by atoms with Crippen LogP contribution in [0.1, 0.15) is 78.1 Å². The van der Waals surface area contributed by atoms with E-state index in [4.69, 9.17) is 0 Å². The van der Waals surface area contributed by atoms with Gasteiger partial charge in [-0.3, -0.25) is 0 Å². The standard InChI is InChI=1S/C18H36N2/c1-3-13-19-15-18(11-7-4-5-8-12-18)16-20-14-9-6-10-17(20)2/h17,19H,3-16H2,1-2H3. The monoisotopic (exact) mass is 280 g/mol. The van der Waals surface area contributed by atoms with Crippen LogP contribution in [0.25, 0.3) is 0 Å². The highest BCUT2D eigenvalue weighted by Gasteiger charge is 2.34.